The number of hydrogen-bond acceptors (Lipinski definition) is 8. The molecule has 1 aliphatic rings. The largest absolute Gasteiger partial charge is 0.375 e. The number of halogens is 1. The number of nitrogens with two attached hydrogens (primary N) is 1. The van der Waals surface area contributed by atoms with Gasteiger partial charge in [-0.15, -0.1) is 23.7 Å². The Balaban J connectivity index is 0.00000161. The zero-order valence-corrected chi connectivity index (χ0v) is 13.5. The number of rotatable bonds is 4. The minimum Gasteiger partial charge on any atom is -0.375 e. The molecular weight excluding hydrogens is 312 g/mol. The highest BCUT2D eigenvalue weighted by molar-refractivity contribution is 7.15. The van der Waals surface area contributed by atoms with E-state index in [4.69, 9.17) is 10.3 Å². The number of aromatic nitrogens is 3. The van der Waals surface area contributed by atoms with E-state index in [1.165, 1.54) is 4.88 Å². The van der Waals surface area contributed by atoms with Crippen molar-refractivity contribution in [1.82, 2.24) is 24.9 Å². The molecule has 116 valence electrons. The number of anilines is 1. The predicted octanol–water partition coefficient (Wildman–Crippen LogP) is 1.16. The Labute approximate surface area is 133 Å². The summed E-state index contributed by atoms with van der Waals surface area (Å²) in [6.07, 6.45) is 1.87. The lowest BCUT2D eigenvalue weighted by Crippen LogP contribution is -2.45. The molecule has 21 heavy (non-hydrogen) atoms. The molecule has 0 aliphatic carbocycles. The van der Waals surface area contributed by atoms with E-state index in [0.29, 0.717) is 16.8 Å². The van der Waals surface area contributed by atoms with Gasteiger partial charge in [0.2, 0.25) is 5.89 Å². The van der Waals surface area contributed by atoms with E-state index in [-0.39, 0.29) is 12.4 Å². The summed E-state index contributed by atoms with van der Waals surface area (Å²) in [4.78, 5) is 14.3. The Morgan fingerprint density at radius 1 is 1.24 bits per heavy atom. The average Bonchev–Trinajstić information content (AvgIpc) is 3.01. The highest BCUT2D eigenvalue weighted by atomic mass is 35.5. The van der Waals surface area contributed by atoms with Crippen LogP contribution in [0.25, 0.3) is 0 Å². The third-order valence-corrected chi connectivity index (χ3v) is 4.16. The van der Waals surface area contributed by atoms with Crippen molar-refractivity contribution >= 4 is 28.9 Å². The Bertz CT molecular complexity index is 515. The fourth-order valence-electron chi connectivity index (χ4n) is 2.32. The molecule has 0 aromatic carbocycles. The standard InChI is InChI=1S/C12H18N6OS.ClH/c1-9-15-11(19-16-9)8-18-4-2-17(3-5-18)7-10-6-14-12(13)20-10;/h6H,2-5,7-8H2,1H3,(H2,13,14);1H. The van der Waals surface area contributed by atoms with Crippen molar-refractivity contribution in [2.24, 2.45) is 0 Å². The predicted molar refractivity (Wildman–Crippen MR) is 83.4 cm³/mol. The monoisotopic (exact) mass is 330 g/mol. The highest BCUT2D eigenvalue weighted by Gasteiger charge is 2.19. The van der Waals surface area contributed by atoms with Crippen LogP contribution in [-0.4, -0.2) is 51.1 Å². The first-order chi connectivity index (χ1) is 9.69. The lowest BCUT2D eigenvalue weighted by Gasteiger charge is -2.33. The quantitative estimate of drug-likeness (QED) is 0.900. The van der Waals surface area contributed by atoms with Crippen LogP contribution in [0.2, 0.25) is 0 Å². The lowest BCUT2D eigenvalue weighted by molar-refractivity contribution is 0.113. The van der Waals surface area contributed by atoms with Gasteiger partial charge in [-0.25, -0.2) is 4.98 Å². The Morgan fingerprint density at radius 2 is 1.90 bits per heavy atom. The molecule has 7 nitrogen and oxygen atoms in total. The van der Waals surface area contributed by atoms with Crippen LogP contribution in [0, 0.1) is 6.92 Å². The number of nitrogen functional groups attached to an aromatic ring is 1. The lowest BCUT2D eigenvalue weighted by atomic mass is 10.3. The maximum absolute atomic E-state index is 5.65. The summed E-state index contributed by atoms with van der Waals surface area (Å²) in [6, 6.07) is 0. The summed E-state index contributed by atoms with van der Waals surface area (Å²) in [5.41, 5.74) is 5.65. The summed E-state index contributed by atoms with van der Waals surface area (Å²) in [6.45, 7) is 7.59. The van der Waals surface area contributed by atoms with E-state index in [2.05, 4.69) is 24.9 Å². The van der Waals surface area contributed by atoms with Gasteiger partial charge in [0.1, 0.15) is 0 Å². The van der Waals surface area contributed by atoms with Crippen molar-refractivity contribution in [3.05, 3.63) is 22.8 Å². The molecule has 0 atom stereocenters. The fraction of sp³-hybridized carbons (Fsp3) is 0.583. The molecular formula is C12H19ClN6OS. The third kappa shape index (κ3) is 4.37. The smallest absolute Gasteiger partial charge is 0.240 e. The van der Waals surface area contributed by atoms with Gasteiger partial charge in [0, 0.05) is 43.8 Å². The number of thiazole rings is 1. The minimum absolute atomic E-state index is 0. The second kappa shape index (κ2) is 7.17. The molecule has 0 saturated carbocycles. The summed E-state index contributed by atoms with van der Waals surface area (Å²) in [7, 11) is 0. The van der Waals surface area contributed by atoms with Crippen LogP contribution in [-0.2, 0) is 13.1 Å². The second-order valence-electron chi connectivity index (χ2n) is 4.95. The van der Waals surface area contributed by atoms with Crippen LogP contribution in [0.4, 0.5) is 5.13 Å². The average molecular weight is 331 g/mol. The van der Waals surface area contributed by atoms with Crippen molar-refractivity contribution in [2.75, 3.05) is 31.9 Å². The van der Waals surface area contributed by atoms with Gasteiger partial charge in [-0.3, -0.25) is 9.80 Å². The molecule has 2 aromatic rings. The maximum Gasteiger partial charge on any atom is 0.240 e. The van der Waals surface area contributed by atoms with Gasteiger partial charge >= 0.3 is 0 Å². The molecule has 0 spiro atoms. The van der Waals surface area contributed by atoms with Gasteiger partial charge in [0.15, 0.2) is 11.0 Å². The van der Waals surface area contributed by atoms with Crippen LogP contribution in [0.5, 0.6) is 0 Å². The fourth-order valence-corrected chi connectivity index (χ4v) is 3.04. The first kappa shape index (κ1) is 16.2. The van der Waals surface area contributed by atoms with Crippen LogP contribution in [0.15, 0.2) is 10.7 Å². The Morgan fingerprint density at radius 3 is 2.43 bits per heavy atom. The van der Waals surface area contributed by atoms with Crippen LogP contribution < -0.4 is 5.73 Å². The molecule has 3 rings (SSSR count). The van der Waals surface area contributed by atoms with Gasteiger partial charge in [0.25, 0.3) is 0 Å². The van der Waals surface area contributed by atoms with E-state index in [1.54, 1.807) is 11.3 Å². The van der Waals surface area contributed by atoms with Crippen molar-refractivity contribution in [3.63, 3.8) is 0 Å². The zero-order chi connectivity index (χ0) is 13.9. The molecule has 1 saturated heterocycles. The molecule has 0 amide bonds. The van der Waals surface area contributed by atoms with E-state index in [9.17, 15) is 0 Å². The van der Waals surface area contributed by atoms with Crippen LogP contribution >= 0.6 is 23.7 Å². The molecule has 1 aliphatic heterocycles. The molecule has 2 aromatic heterocycles. The molecule has 2 N–H and O–H groups in total. The SMILES string of the molecule is Cc1noc(CN2CCN(Cc3cnc(N)s3)CC2)n1.Cl. The summed E-state index contributed by atoms with van der Waals surface area (Å²) in [5.74, 6) is 1.40. The van der Waals surface area contributed by atoms with Gasteiger partial charge in [-0.2, -0.15) is 4.98 Å². The topological polar surface area (TPSA) is 84.3 Å². The van der Waals surface area contributed by atoms with Crippen molar-refractivity contribution < 1.29 is 4.52 Å². The van der Waals surface area contributed by atoms with E-state index >= 15 is 0 Å². The molecule has 0 unspecified atom stereocenters. The normalized spacial score (nSPS) is 16.8. The van der Waals surface area contributed by atoms with E-state index < -0.39 is 0 Å². The molecule has 0 radical (unpaired) electrons. The van der Waals surface area contributed by atoms with E-state index in [1.807, 2.05) is 13.1 Å². The van der Waals surface area contributed by atoms with Gasteiger partial charge in [-0.05, 0) is 6.92 Å². The van der Waals surface area contributed by atoms with Crippen molar-refractivity contribution in [1.29, 1.82) is 0 Å². The van der Waals surface area contributed by atoms with Gasteiger partial charge < -0.3 is 10.3 Å². The maximum atomic E-state index is 5.65. The highest BCUT2D eigenvalue weighted by Crippen LogP contribution is 2.17. The number of aryl methyl sites for hydroxylation is 1. The van der Waals surface area contributed by atoms with Crippen LogP contribution in [0.1, 0.15) is 16.6 Å². The van der Waals surface area contributed by atoms with Gasteiger partial charge in [-0.1, -0.05) is 5.16 Å². The van der Waals surface area contributed by atoms with E-state index in [0.717, 1.165) is 39.3 Å². The molecule has 0 bridgehead atoms. The zero-order valence-electron chi connectivity index (χ0n) is 11.9. The number of nitrogens with zero attached hydrogens (tertiary/aromatic N) is 5. The Kier molecular flexibility index (Phi) is 5.51. The summed E-state index contributed by atoms with van der Waals surface area (Å²) in [5, 5.41) is 4.46. The number of hydrogen-bond donors (Lipinski definition) is 1. The van der Waals surface area contributed by atoms with Crippen molar-refractivity contribution in [2.45, 2.75) is 20.0 Å². The van der Waals surface area contributed by atoms with Gasteiger partial charge in [0.05, 0.1) is 6.54 Å². The summed E-state index contributed by atoms with van der Waals surface area (Å²) < 4.78 is 5.16. The third-order valence-electron chi connectivity index (χ3n) is 3.34. The first-order valence-electron chi connectivity index (χ1n) is 6.63. The minimum atomic E-state index is 0. The molecule has 9 heteroatoms. The molecule has 1 fully saturated rings. The second-order valence-corrected chi connectivity index (χ2v) is 6.10. The Hall–Kier alpha value is -1.22. The van der Waals surface area contributed by atoms with Crippen molar-refractivity contribution in [3.8, 4) is 0 Å². The van der Waals surface area contributed by atoms with Crippen LogP contribution in [0.3, 0.4) is 0 Å². The molecule has 3 heterocycles. The number of piperazine rings is 1. The first-order valence-corrected chi connectivity index (χ1v) is 7.45. The summed E-state index contributed by atoms with van der Waals surface area (Å²) >= 11 is 1.57.